The van der Waals surface area contributed by atoms with Crippen molar-refractivity contribution in [1.29, 1.82) is 0 Å². The van der Waals surface area contributed by atoms with Crippen LogP contribution in [-0.4, -0.2) is 53.8 Å². The molecule has 0 atom stereocenters. The van der Waals surface area contributed by atoms with Crippen molar-refractivity contribution in [3.63, 3.8) is 0 Å². The van der Waals surface area contributed by atoms with E-state index < -0.39 is 33.2 Å². The van der Waals surface area contributed by atoms with E-state index >= 15 is 0 Å². The van der Waals surface area contributed by atoms with Gasteiger partial charge in [0.2, 0.25) is 0 Å². The molecule has 1 fully saturated rings. The Hall–Kier alpha value is -2.11. The lowest BCUT2D eigenvalue weighted by Gasteiger charge is -2.33. The van der Waals surface area contributed by atoms with Gasteiger partial charge in [0.15, 0.2) is 0 Å². The fraction of sp³-hybridized carbons (Fsp3) is 0.667. The second-order valence-electron chi connectivity index (χ2n) is 7.02. The monoisotopic (exact) mass is 411 g/mol. The quantitative estimate of drug-likeness (QED) is 0.557. The number of aromatic nitrogens is 2. The molecule has 0 aliphatic carbocycles. The summed E-state index contributed by atoms with van der Waals surface area (Å²) in [5.74, 6) is -0.827. The van der Waals surface area contributed by atoms with Crippen molar-refractivity contribution in [2.75, 3.05) is 13.1 Å². The summed E-state index contributed by atoms with van der Waals surface area (Å²) in [4.78, 5) is 13.6. The average Bonchev–Trinajstić information content (AvgIpc) is 2.53. The van der Waals surface area contributed by atoms with Crippen LogP contribution < -0.4 is 4.18 Å². The number of nitrogens with zero attached hydrogens (tertiary/aromatic N) is 3. The second kappa shape index (κ2) is 7.49. The maximum absolute atomic E-state index is 12.3. The van der Waals surface area contributed by atoms with E-state index in [9.17, 15) is 26.4 Å². The van der Waals surface area contributed by atoms with Gasteiger partial charge in [0.1, 0.15) is 5.60 Å². The van der Waals surface area contributed by atoms with E-state index in [1.54, 1.807) is 25.7 Å². The number of rotatable bonds is 3. The third kappa shape index (κ3) is 5.68. The summed E-state index contributed by atoms with van der Waals surface area (Å²) in [6.45, 7) is 6.19. The van der Waals surface area contributed by atoms with Crippen LogP contribution in [0.5, 0.6) is 5.88 Å². The first-order valence-corrected chi connectivity index (χ1v) is 9.51. The molecule has 0 N–H and O–H groups in total. The number of carbonyl (C=O) groups is 1. The number of hydrogen-bond acceptors (Lipinski definition) is 7. The Kier molecular flexibility index (Phi) is 5.88. The fourth-order valence-electron chi connectivity index (χ4n) is 2.44. The molecular formula is C15H20F3N3O5S. The fourth-order valence-corrected chi connectivity index (χ4v) is 2.84. The largest absolute Gasteiger partial charge is 0.534 e. The first-order chi connectivity index (χ1) is 12.3. The van der Waals surface area contributed by atoms with E-state index in [0.717, 1.165) is 6.07 Å². The van der Waals surface area contributed by atoms with Gasteiger partial charge < -0.3 is 13.8 Å². The molecule has 0 saturated carbocycles. The smallest absolute Gasteiger partial charge is 0.444 e. The molecule has 0 radical (unpaired) electrons. The minimum atomic E-state index is -5.78. The van der Waals surface area contributed by atoms with Crippen LogP contribution in [0.4, 0.5) is 18.0 Å². The SMILES string of the molecule is CC(C)(C)OC(=O)N1CCC(c2ccc(OS(=O)(=O)C(F)(F)F)nn2)CC1. The zero-order chi connectivity index (χ0) is 20.5. The summed E-state index contributed by atoms with van der Waals surface area (Å²) < 4.78 is 68.0. The molecule has 1 aromatic heterocycles. The Morgan fingerprint density at radius 3 is 2.19 bits per heavy atom. The Balaban J connectivity index is 1.95. The third-order valence-electron chi connectivity index (χ3n) is 3.70. The molecule has 12 heteroatoms. The Morgan fingerprint density at radius 2 is 1.74 bits per heavy atom. The zero-order valence-corrected chi connectivity index (χ0v) is 15.8. The van der Waals surface area contributed by atoms with Gasteiger partial charge in [0.05, 0.1) is 5.69 Å². The lowest BCUT2D eigenvalue weighted by Crippen LogP contribution is -2.41. The molecule has 0 aromatic carbocycles. The van der Waals surface area contributed by atoms with Crippen molar-refractivity contribution in [3.05, 3.63) is 17.8 Å². The summed E-state index contributed by atoms with van der Waals surface area (Å²) in [6.07, 6.45) is 0.720. The second-order valence-corrected chi connectivity index (χ2v) is 8.56. The molecule has 27 heavy (non-hydrogen) atoms. The lowest BCUT2D eigenvalue weighted by atomic mass is 9.93. The normalized spacial score (nSPS) is 16.9. The van der Waals surface area contributed by atoms with Crippen molar-refractivity contribution in [3.8, 4) is 5.88 Å². The lowest BCUT2D eigenvalue weighted by molar-refractivity contribution is -0.0501. The number of piperidine rings is 1. The number of amides is 1. The van der Waals surface area contributed by atoms with E-state index in [0.29, 0.717) is 31.6 Å². The average molecular weight is 411 g/mol. The van der Waals surface area contributed by atoms with E-state index in [1.165, 1.54) is 6.07 Å². The van der Waals surface area contributed by atoms with Gasteiger partial charge in [-0.05, 0) is 39.7 Å². The minimum Gasteiger partial charge on any atom is -0.444 e. The molecule has 152 valence electrons. The summed E-state index contributed by atoms with van der Waals surface area (Å²) in [5, 5.41) is 7.15. The highest BCUT2D eigenvalue weighted by Gasteiger charge is 2.49. The topological polar surface area (TPSA) is 98.7 Å². The maximum atomic E-state index is 12.3. The number of alkyl halides is 3. The van der Waals surface area contributed by atoms with Crippen LogP contribution in [0, 0.1) is 0 Å². The molecule has 0 unspecified atom stereocenters. The first kappa shape index (κ1) is 21.2. The van der Waals surface area contributed by atoms with Gasteiger partial charge in [0.25, 0.3) is 5.88 Å². The van der Waals surface area contributed by atoms with Crippen LogP contribution in [0.3, 0.4) is 0 Å². The van der Waals surface area contributed by atoms with Crippen LogP contribution in [-0.2, 0) is 14.9 Å². The summed E-state index contributed by atoms with van der Waals surface area (Å²) >= 11 is 0. The summed E-state index contributed by atoms with van der Waals surface area (Å²) in [7, 11) is -5.78. The summed E-state index contributed by atoms with van der Waals surface area (Å²) in [6, 6.07) is 2.38. The van der Waals surface area contributed by atoms with Crippen LogP contribution in [0.15, 0.2) is 12.1 Å². The Bertz CT molecular complexity index is 767. The minimum absolute atomic E-state index is 0.0653. The van der Waals surface area contributed by atoms with Crippen LogP contribution >= 0.6 is 0 Å². The van der Waals surface area contributed by atoms with Gasteiger partial charge in [-0.25, -0.2) is 4.79 Å². The van der Waals surface area contributed by atoms with E-state index in [4.69, 9.17) is 4.74 Å². The number of ether oxygens (including phenoxy) is 1. The predicted molar refractivity (Wildman–Crippen MR) is 87.4 cm³/mol. The molecule has 2 rings (SSSR count). The maximum Gasteiger partial charge on any atom is 0.534 e. The molecular weight excluding hydrogens is 391 g/mol. The highest BCUT2D eigenvalue weighted by atomic mass is 32.2. The van der Waals surface area contributed by atoms with Gasteiger partial charge in [-0.15, -0.1) is 5.10 Å². The van der Waals surface area contributed by atoms with Crippen molar-refractivity contribution in [2.45, 2.75) is 50.6 Å². The van der Waals surface area contributed by atoms with Crippen molar-refractivity contribution >= 4 is 16.2 Å². The van der Waals surface area contributed by atoms with Crippen LogP contribution in [0.25, 0.3) is 0 Å². The molecule has 2 heterocycles. The highest BCUT2D eigenvalue weighted by Crippen LogP contribution is 2.29. The van der Waals surface area contributed by atoms with E-state index in [1.807, 2.05) is 0 Å². The van der Waals surface area contributed by atoms with E-state index in [2.05, 4.69) is 14.4 Å². The molecule has 0 spiro atoms. The van der Waals surface area contributed by atoms with Gasteiger partial charge in [0, 0.05) is 25.1 Å². The number of halogens is 3. The molecule has 1 aliphatic rings. The van der Waals surface area contributed by atoms with Crippen molar-refractivity contribution < 1.29 is 35.3 Å². The van der Waals surface area contributed by atoms with Gasteiger partial charge in [-0.2, -0.15) is 26.7 Å². The summed E-state index contributed by atoms with van der Waals surface area (Å²) in [5.41, 5.74) is -5.65. The molecule has 1 aliphatic heterocycles. The van der Waals surface area contributed by atoms with Crippen LogP contribution in [0.2, 0.25) is 0 Å². The highest BCUT2D eigenvalue weighted by molar-refractivity contribution is 7.87. The molecule has 8 nitrogen and oxygen atoms in total. The van der Waals surface area contributed by atoms with Crippen molar-refractivity contribution in [1.82, 2.24) is 15.1 Å². The Morgan fingerprint density at radius 1 is 1.15 bits per heavy atom. The van der Waals surface area contributed by atoms with E-state index in [-0.39, 0.29) is 5.92 Å². The van der Waals surface area contributed by atoms with Crippen LogP contribution in [0.1, 0.15) is 45.2 Å². The molecule has 1 amide bonds. The van der Waals surface area contributed by atoms with Gasteiger partial charge >= 0.3 is 21.7 Å². The first-order valence-electron chi connectivity index (χ1n) is 8.11. The molecule has 0 bridgehead atoms. The number of carbonyl (C=O) groups excluding carboxylic acids is 1. The molecule has 1 saturated heterocycles. The standard InChI is InChI=1S/C15H20F3N3O5S/c1-14(2,3)25-13(22)21-8-6-10(7-9-21)11-4-5-12(20-19-11)26-27(23,24)15(16,17)18/h4-5,10H,6-9H2,1-3H3. The van der Waals surface area contributed by atoms with Crippen molar-refractivity contribution in [2.24, 2.45) is 0 Å². The predicted octanol–water partition coefficient (Wildman–Crippen LogP) is 2.82. The zero-order valence-electron chi connectivity index (χ0n) is 15.0. The van der Waals surface area contributed by atoms with Gasteiger partial charge in [-0.3, -0.25) is 0 Å². The third-order valence-corrected chi connectivity index (χ3v) is 4.66. The number of hydrogen-bond donors (Lipinski definition) is 0. The number of likely N-dealkylation sites (tertiary alicyclic amines) is 1. The molecule has 1 aromatic rings. The Labute approximate surface area is 154 Å². The van der Waals surface area contributed by atoms with Gasteiger partial charge in [-0.1, -0.05) is 0 Å².